The van der Waals surface area contributed by atoms with Crippen molar-refractivity contribution in [2.75, 3.05) is 52.6 Å². The Morgan fingerprint density at radius 1 is 1.00 bits per heavy atom. The van der Waals surface area contributed by atoms with Gasteiger partial charge in [0.1, 0.15) is 13.3 Å². The van der Waals surface area contributed by atoms with E-state index in [1.807, 2.05) is 0 Å². The average Bonchev–Trinajstić information content (AvgIpc) is 3.44. The van der Waals surface area contributed by atoms with Crippen LogP contribution >= 0.6 is 0 Å². The van der Waals surface area contributed by atoms with Crippen LogP contribution in [0.25, 0.3) is 0 Å². The molecule has 29 heavy (non-hydrogen) atoms. The minimum atomic E-state index is -0.273. The molecule has 2 aliphatic heterocycles. The van der Waals surface area contributed by atoms with E-state index in [0.717, 1.165) is 32.7 Å². The van der Waals surface area contributed by atoms with Crippen LogP contribution in [0, 0.1) is 11.8 Å². The van der Waals surface area contributed by atoms with Gasteiger partial charge < -0.3 is 16.0 Å². The highest BCUT2D eigenvalue weighted by atomic mass is 19.1. The van der Waals surface area contributed by atoms with Gasteiger partial charge in [0, 0.05) is 38.3 Å². The number of benzene rings is 1. The van der Waals surface area contributed by atoms with Crippen LogP contribution in [0.2, 0.25) is 0 Å². The number of rotatable bonds is 10. The lowest BCUT2D eigenvalue weighted by molar-refractivity contribution is 0.294. The van der Waals surface area contributed by atoms with Crippen molar-refractivity contribution < 1.29 is 8.78 Å². The molecule has 0 saturated carbocycles. The van der Waals surface area contributed by atoms with E-state index in [9.17, 15) is 8.78 Å². The minimum Gasteiger partial charge on any atom is -0.316 e. The summed E-state index contributed by atoms with van der Waals surface area (Å²) in [7, 11) is 0. The van der Waals surface area contributed by atoms with Crippen LogP contribution < -0.4 is 16.0 Å². The summed E-state index contributed by atoms with van der Waals surface area (Å²) in [4.78, 5) is 2.49. The SMILES string of the molecule is C[C@H](NCCF)[C@@H]1CCN(Cc2ccccc2)C1.C[C@H](NCCF)[C@@H]1CCNC1. The Kier molecular flexibility index (Phi) is 11.7. The summed E-state index contributed by atoms with van der Waals surface area (Å²) in [6.45, 7) is 10.3. The molecule has 0 unspecified atom stereocenters. The summed E-state index contributed by atoms with van der Waals surface area (Å²) in [5, 5.41) is 9.71. The Labute approximate surface area is 175 Å². The summed E-state index contributed by atoms with van der Waals surface area (Å²) in [6.07, 6.45) is 2.44. The van der Waals surface area contributed by atoms with Crippen molar-refractivity contribution in [2.45, 2.75) is 45.3 Å². The quantitative estimate of drug-likeness (QED) is 0.555. The molecule has 3 rings (SSSR count). The van der Waals surface area contributed by atoms with E-state index in [-0.39, 0.29) is 13.3 Å². The number of nitrogens with zero attached hydrogens (tertiary/aromatic N) is 1. The lowest BCUT2D eigenvalue weighted by atomic mass is 10.0. The fourth-order valence-corrected chi connectivity index (χ4v) is 4.26. The molecule has 0 bridgehead atoms. The van der Waals surface area contributed by atoms with Gasteiger partial charge in [-0.3, -0.25) is 4.90 Å². The molecule has 0 amide bonds. The Hall–Kier alpha value is -1.08. The molecule has 3 N–H and O–H groups in total. The molecule has 0 aromatic heterocycles. The van der Waals surface area contributed by atoms with Gasteiger partial charge in [-0.1, -0.05) is 30.3 Å². The van der Waals surface area contributed by atoms with E-state index >= 15 is 0 Å². The number of nitrogens with one attached hydrogen (secondary N) is 3. The van der Waals surface area contributed by atoms with Crippen LogP contribution in [0.1, 0.15) is 32.3 Å². The molecule has 2 aliphatic rings. The van der Waals surface area contributed by atoms with Gasteiger partial charge in [-0.2, -0.15) is 0 Å². The molecule has 4 nitrogen and oxygen atoms in total. The minimum absolute atomic E-state index is 0.259. The van der Waals surface area contributed by atoms with Gasteiger partial charge in [0.2, 0.25) is 0 Å². The second-order valence-corrected chi connectivity index (χ2v) is 8.39. The van der Waals surface area contributed by atoms with Gasteiger partial charge in [-0.25, -0.2) is 8.78 Å². The highest BCUT2D eigenvalue weighted by Crippen LogP contribution is 2.21. The van der Waals surface area contributed by atoms with Crippen LogP contribution in [-0.4, -0.2) is 69.6 Å². The van der Waals surface area contributed by atoms with Gasteiger partial charge in [-0.05, 0) is 63.7 Å². The van der Waals surface area contributed by atoms with Crippen molar-refractivity contribution in [2.24, 2.45) is 11.8 Å². The largest absolute Gasteiger partial charge is 0.316 e. The molecule has 166 valence electrons. The third kappa shape index (κ3) is 9.08. The first-order chi connectivity index (χ1) is 14.1. The topological polar surface area (TPSA) is 39.3 Å². The molecule has 2 fully saturated rings. The van der Waals surface area contributed by atoms with Crippen molar-refractivity contribution in [3.8, 4) is 0 Å². The summed E-state index contributed by atoms with van der Waals surface area (Å²) in [6, 6.07) is 11.5. The van der Waals surface area contributed by atoms with E-state index in [0.29, 0.717) is 37.0 Å². The molecule has 0 spiro atoms. The summed E-state index contributed by atoms with van der Waals surface area (Å²) < 4.78 is 23.9. The molecule has 4 atom stereocenters. The molecule has 1 aromatic carbocycles. The fourth-order valence-electron chi connectivity index (χ4n) is 4.26. The zero-order chi connectivity index (χ0) is 20.9. The molecule has 0 radical (unpaired) electrons. The second kappa shape index (κ2) is 14.0. The molecule has 2 heterocycles. The number of halogens is 2. The van der Waals surface area contributed by atoms with E-state index in [4.69, 9.17) is 0 Å². The van der Waals surface area contributed by atoms with Crippen molar-refractivity contribution in [3.05, 3.63) is 35.9 Å². The average molecular weight is 411 g/mol. The number of likely N-dealkylation sites (tertiary alicyclic amines) is 1. The normalized spacial score (nSPS) is 24.1. The summed E-state index contributed by atoms with van der Waals surface area (Å²) >= 11 is 0. The van der Waals surface area contributed by atoms with Crippen LogP contribution in [0.3, 0.4) is 0 Å². The number of hydrogen-bond acceptors (Lipinski definition) is 4. The van der Waals surface area contributed by atoms with Crippen LogP contribution in [-0.2, 0) is 6.54 Å². The molecule has 6 heteroatoms. The number of alkyl halides is 2. The first kappa shape index (κ1) is 24.2. The van der Waals surface area contributed by atoms with Crippen molar-refractivity contribution in [1.29, 1.82) is 0 Å². The van der Waals surface area contributed by atoms with E-state index in [1.54, 1.807) is 0 Å². The lowest BCUT2D eigenvalue weighted by Crippen LogP contribution is -2.36. The summed E-state index contributed by atoms with van der Waals surface area (Å²) in [5.41, 5.74) is 1.38. The standard InChI is InChI=1S/C15H23FN2.C8H17FN2/c1-13(17-9-8-16)15-7-10-18(12-15)11-14-5-3-2-4-6-14;1-7(11-5-3-9)8-2-4-10-6-8/h2-6,13,15,17H,7-12H2,1H3;7-8,10-11H,2-6H2,1H3/t13-,15+;7-,8+/m00/s1. The third-order valence-corrected chi connectivity index (χ3v) is 6.19. The first-order valence-electron chi connectivity index (χ1n) is 11.2. The molecular weight excluding hydrogens is 370 g/mol. The monoisotopic (exact) mass is 410 g/mol. The Bertz CT molecular complexity index is 525. The Morgan fingerprint density at radius 2 is 1.66 bits per heavy atom. The Balaban J connectivity index is 0.000000234. The van der Waals surface area contributed by atoms with Crippen molar-refractivity contribution in [1.82, 2.24) is 20.9 Å². The van der Waals surface area contributed by atoms with Gasteiger partial charge in [0.25, 0.3) is 0 Å². The smallest absolute Gasteiger partial charge is 0.102 e. The van der Waals surface area contributed by atoms with Gasteiger partial charge in [0.05, 0.1) is 0 Å². The maximum atomic E-state index is 12.1. The zero-order valence-electron chi connectivity index (χ0n) is 18.2. The molecule has 1 aromatic rings. The van der Waals surface area contributed by atoms with Crippen molar-refractivity contribution >= 4 is 0 Å². The maximum Gasteiger partial charge on any atom is 0.102 e. The molecular formula is C23H40F2N4. The van der Waals surface area contributed by atoms with Crippen LogP contribution in [0.5, 0.6) is 0 Å². The predicted molar refractivity (Wildman–Crippen MR) is 118 cm³/mol. The third-order valence-electron chi connectivity index (χ3n) is 6.19. The second-order valence-electron chi connectivity index (χ2n) is 8.39. The molecule has 0 aliphatic carbocycles. The van der Waals surface area contributed by atoms with Gasteiger partial charge in [0.15, 0.2) is 0 Å². The van der Waals surface area contributed by atoms with Gasteiger partial charge >= 0.3 is 0 Å². The fraction of sp³-hybridized carbons (Fsp3) is 0.739. The Morgan fingerprint density at radius 3 is 2.24 bits per heavy atom. The highest BCUT2D eigenvalue weighted by Gasteiger charge is 2.26. The van der Waals surface area contributed by atoms with Crippen LogP contribution in [0.15, 0.2) is 30.3 Å². The van der Waals surface area contributed by atoms with E-state index in [1.165, 1.54) is 18.4 Å². The van der Waals surface area contributed by atoms with E-state index in [2.05, 4.69) is 65.0 Å². The first-order valence-corrected chi connectivity index (χ1v) is 11.2. The maximum absolute atomic E-state index is 12.1. The van der Waals surface area contributed by atoms with Gasteiger partial charge in [-0.15, -0.1) is 0 Å². The summed E-state index contributed by atoms with van der Waals surface area (Å²) in [5.74, 6) is 1.35. The van der Waals surface area contributed by atoms with Crippen molar-refractivity contribution in [3.63, 3.8) is 0 Å². The lowest BCUT2D eigenvalue weighted by Gasteiger charge is -2.21. The molecule has 2 saturated heterocycles. The van der Waals surface area contributed by atoms with E-state index < -0.39 is 0 Å². The number of hydrogen-bond donors (Lipinski definition) is 3. The van der Waals surface area contributed by atoms with Crippen LogP contribution in [0.4, 0.5) is 8.78 Å². The zero-order valence-corrected chi connectivity index (χ0v) is 18.2. The predicted octanol–water partition coefficient (Wildman–Crippen LogP) is 3.00. The highest BCUT2D eigenvalue weighted by molar-refractivity contribution is 5.14.